The van der Waals surface area contributed by atoms with E-state index in [0.717, 1.165) is 0 Å². The Morgan fingerprint density at radius 3 is 2.05 bits per heavy atom. The van der Waals surface area contributed by atoms with Crippen molar-refractivity contribution < 1.29 is 4.42 Å². The van der Waals surface area contributed by atoms with Gasteiger partial charge in [0.1, 0.15) is 0 Å². The Bertz CT molecular complexity index is 294. The van der Waals surface area contributed by atoms with E-state index in [9.17, 15) is 0 Å². The first-order valence-electron chi connectivity index (χ1n) is 8.57. The van der Waals surface area contributed by atoms with Gasteiger partial charge >= 0.3 is 0 Å². The van der Waals surface area contributed by atoms with Gasteiger partial charge in [0.15, 0.2) is 0 Å². The molecule has 0 saturated carbocycles. The van der Waals surface area contributed by atoms with Crippen LogP contribution in [-0.2, 0) is 0 Å². The van der Waals surface area contributed by atoms with Crippen molar-refractivity contribution >= 4 is 0 Å². The molecule has 0 spiro atoms. The summed E-state index contributed by atoms with van der Waals surface area (Å²) in [6.45, 7) is 2.28. The fourth-order valence-electron chi connectivity index (χ4n) is 2.79. The fraction of sp³-hybridized carbons (Fsp3) is 0.778. The molecule has 0 aliphatic heterocycles. The lowest BCUT2D eigenvalue weighted by atomic mass is 10.0. The molecule has 0 bridgehead atoms. The van der Waals surface area contributed by atoms with Crippen molar-refractivity contribution in [1.29, 1.82) is 0 Å². The molecular weight excluding hydrogens is 246 g/mol. The van der Waals surface area contributed by atoms with Crippen molar-refractivity contribution in [1.82, 2.24) is 5.32 Å². The molecule has 116 valence electrons. The van der Waals surface area contributed by atoms with Crippen molar-refractivity contribution in [2.75, 3.05) is 7.05 Å². The summed E-state index contributed by atoms with van der Waals surface area (Å²) in [6.07, 6.45) is 18.8. The van der Waals surface area contributed by atoms with Crippen molar-refractivity contribution in [3.8, 4) is 0 Å². The van der Waals surface area contributed by atoms with Crippen LogP contribution in [0.2, 0.25) is 0 Å². The van der Waals surface area contributed by atoms with Crippen LogP contribution >= 0.6 is 0 Å². The minimum atomic E-state index is 0.461. The van der Waals surface area contributed by atoms with Crippen molar-refractivity contribution in [3.63, 3.8) is 0 Å². The Hall–Kier alpha value is -0.760. The van der Waals surface area contributed by atoms with Gasteiger partial charge in [-0.15, -0.1) is 0 Å². The van der Waals surface area contributed by atoms with Gasteiger partial charge in [-0.2, -0.15) is 0 Å². The van der Waals surface area contributed by atoms with Crippen molar-refractivity contribution in [2.45, 2.75) is 83.6 Å². The molecule has 1 rings (SSSR count). The largest absolute Gasteiger partial charge is 0.472 e. The number of nitrogens with one attached hydrogen (secondary N) is 1. The van der Waals surface area contributed by atoms with Crippen LogP contribution in [0.3, 0.4) is 0 Å². The lowest BCUT2D eigenvalue weighted by Gasteiger charge is -2.13. The highest BCUT2D eigenvalue weighted by atomic mass is 16.3. The molecule has 1 N–H and O–H groups in total. The Morgan fingerprint density at radius 2 is 1.55 bits per heavy atom. The zero-order valence-corrected chi connectivity index (χ0v) is 13.5. The van der Waals surface area contributed by atoms with Crippen LogP contribution in [0.25, 0.3) is 0 Å². The van der Waals surface area contributed by atoms with E-state index in [-0.39, 0.29) is 0 Å². The number of rotatable bonds is 13. The quantitative estimate of drug-likeness (QED) is 0.458. The van der Waals surface area contributed by atoms with Crippen molar-refractivity contribution in [2.24, 2.45) is 0 Å². The zero-order chi connectivity index (χ0) is 14.5. The van der Waals surface area contributed by atoms with E-state index in [1.54, 1.807) is 6.26 Å². The molecule has 1 aromatic heterocycles. The van der Waals surface area contributed by atoms with Crippen molar-refractivity contribution in [3.05, 3.63) is 24.2 Å². The number of hydrogen-bond acceptors (Lipinski definition) is 2. The van der Waals surface area contributed by atoms with E-state index >= 15 is 0 Å². The molecule has 0 aromatic carbocycles. The van der Waals surface area contributed by atoms with E-state index in [2.05, 4.69) is 18.3 Å². The molecule has 2 nitrogen and oxygen atoms in total. The second-order valence-corrected chi connectivity index (χ2v) is 5.87. The Kier molecular flexibility index (Phi) is 10.4. The highest BCUT2D eigenvalue weighted by molar-refractivity contribution is 5.10. The standard InChI is InChI=1S/C18H33NO/c1-3-4-5-6-7-8-9-10-11-12-13-18(19-2)17-14-15-20-16-17/h14-16,18-19H,3-13H2,1-2H3. The summed E-state index contributed by atoms with van der Waals surface area (Å²) < 4.78 is 5.16. The molecule has 0 saturated heterocycles. The van der Waals surface area contributed by atoms with Gasteiger partial charge in [0.25, 0.3) is 0 Å². The molecule has 1 heterocycles. The molecule has 0 radical (unpaired) electrons. The minimum absolute atomic E-state index is 0.461. The monoisotopic (exact) mass is 279 g/mol. The summed E-state index contributed by atoms with van der Waals surface area (Å²) in [6, 6.07) is 2.53. The normalized spacial score (nSPS) is 12.7. The second-order valence-electron chi connectivity index (χ2n) is 5.87. The first kappa shape index (κ1) is 17.3. The highest BCUT2D eigenvalue weighted by Crippen LogP contribution is 2.20. The van der Waals surface area contributed by atoms with Gasteiger partial charge < -0.3 is 9.73 Å². The van der Waals surface area contributed by atoms with E-state index in [0.29, 0.717) is 6.04 Å². The third kappa shape index (κ3) is 7.74. The molecular formula is C18H33NO. The highest BCUT2D eigenvalue weighted by Gasteiger charge is 2.09. The molecule has 2 heteroatoms. The molecule has 0 aliphatic carbocycles. The smallest absolute Gasteiger partial charge is 0.0950 e. The summed E-state index contributed by atoms with van der Waals surface area (Å²) in [7, 11) is 2.04. The van der Waals surface area contributed by atoms with Gasteiger partial charge in [0.2, 0.25) is 0 Å². The van der Waals surface area contributed by atoms with Gasteiger partial charge in [-0.25, -0.2) is 0 Å². The zero-order valence-electron chi connectivity index (χ0n) is 13.5. The first-order chi connectivity index (χ1) is 9.88. The maximum Gasteiger partial charge on any atom is 0.0950 e. The average Bonchev–Trinajstić information content (AvgIpc) is 2.99. The molecule has 1 unspecified atom stereocenters. The van der Waals surface area contributed by atoms with Crippen LogP contribution in [0, 0.1) is 0 Å². The summed E-state index contributed by atoms with van der Waals surface area (Å²) in [5.41, 5.74) is 1.28. The van der Waals surface area contributed by atoms with Crippen LogP contribution < -0.4 is 5.32 Å². The first-order valence-corrected chi connectivity index (χ1v) is 8.57. The molecule has 0 fully saturated rings. The van der Waals surface area contributed by atoms with Gasteiger partial charge in [0.05, 0.1) is 12.5 Å². The Morgan fingerprint density at radius 1 is 0.950 bits per heavy atom. The summed E-state index contributed by atoms with van der Waals surface area (Å²) in [5, 5.41) is 3.38. The van der Waals surface area contributed by atoms with E-state index < -0.39 is 0 Å². The molecule has 1 aromatic rings. The topological polar surface area (TPSA) is 25.2 Å². The summed E-state index contributed by atoms with van der Waals surface area (Å²) in [5.74, 6) is 0. The lowest BCUT2D eigenvalue weighted by molar-refractivity contribution is 0.485. The van der Waals surface area contributed by atoms with Gasteiger partial charge in [-0.1, -0.05) is 71.1 Å². The molecule has 1 atom stereocenters. The SMILES string of the molecule is CCCCCCCCCCCCC(NC)c1ccoc1. The van der Waals surface area contributed by atoms with Gasteiger partial charge in [0, 0.05) is 11.6 Å². The van der Waals surface area contributed by atoms with E-state index in [4.69, 9.17) is 4.42 Å². The Labute approximate surface area is 125 Å². The van der Waals surface area contributed by atoms with Crippen LogP contribution in [0.4, 0.5) is 0 Å². The van der Waals surface area contributed by atoms with E-state index in [1.807, 2.05) is 13.3 Å². The number of hydrogen-bond donors (Lipinski definition) is 1. The third-order valence-corrected chi connectivity index (χ3v) is 4.14. The number of unbranched alkanes of at least 4 members (excludes halogenated alkanes) is 9. The van der Waals surface area contributed by atoms with Crippen LogP contribution in [0.5, 0.6) is 0 Å². The molecule has 0 aliphatic rings. The summed E-state index contributed by atoms with van der Waals surface area (Å²) in [4.78, 5) is 0. The van der Waals surface area contributed by atoms with Gasteiger partial charge in [-0.3, -0.25) is 0 Å². The maximum absolute atomic E-state index is 5.16. The van der Waals surface area contributed by atoms with Gasteiger partial charge in [-0.05, 0) is 19.5 Å². The molecule has 20 heavy (non-hydrogen) atoms. The van der Waals surface area contributed by atoms with Crippen LogP contribution in [-0.4, -0.2) is 7.05 Å². The van der Waals surface area contributed by atoms with Crippen LogP contribution in [0.1, 0.15) is 89.2 Å². The second kappa shape index (κ2) is 12.0. The average molecular weight is 279 g/mol. The Balaban J connectivity index is 1.91. The van der Waals surface area contributed by atoms with Crippen LogP contribution in [0.15, 0.2) is 23.0 Å². The minimum Gasteiger partial charge on any atom is -0.472 e. The van der Waals surface area contributed by atoms with E-state index in [1.165, 1.54) is 76.2 Å². The summed E-state index contributed by atoms with van der Waals surface area (Å²) >= 11 is 0. The maximum atomic E-state index is 5.16. The predicted octanol–water partition coefficient (Wildman–Crippen LogP) is 5.85. The fourth-order valence-corrected chi connectivity index (χ4v) is 2.79. The molecule has 0 amide bonds. The third-order valence-electron chi connectivity index (χ3n) is 4.14. The number of furan rings is 1. The lowest BCUT2D eigenvalue weighted by Crippen LogP contribution is -2.15. The predicted molar refractivity (Wildman–Crippen MR) is 87.0 cm³/mol.